The molecule has 0 spiro atoms. The zero-order valence-electron chi connectivity index (χ0n) is 16.9. The summed E-state index contributed by atoms with van der Waals surface area (Å²) in [5.41, 5.74) is 2.51. The highest BCUT2D eigenvalue weighted by Crippen LogP contribution is 2.48. The van der Waals surface area contributed by atoms with Crippen LogP contribution in [0.4, 0.5) is 5.69 Å². The Morgan fingerprint density at radius 2 is 1.80 bits per heavy atom. The van der Waals surface area contributed by atoms with Crippen molar-refractivity contribution in [3.63, 3.8) is 0 Å². The summed E-state index contributed by atoms with van der Waals surface area (Å²) in [5, 5.41) is 2.93. The SMILES string of the molecule is Cc1ccc(S(=O)(=O)Nc2ccc(C3(C(=O)NCc4ccco4)CC3)cc2)c(C)c1. The summed E-state index contributed by atoms with van der Waals surface area (Å²) < 4.78 is 33.4. The van der Waals surface area contributed by atoms with Crippen molar-refractivity contribution in [2.45, 2.75) is 43.5 Å². The van der Waals surface area contributed by atoms with E-state index in [-0.39, 0.29) is 10.8 Å². The summed E-state index contributed by atoms with van der Waals surface area (Å²) in [6.07, 6.45) is 3.11. The number of amides is 1. The maximum atomic E-state index is 12.7. The van der Waals surface area contributed by atoms with Crippen molar-refractivity contribution in [1.82, 2.24) is 5.32 Å². The average molecular weight is 425 g/mol. The molecule has 1 fully saturated rings. The van der Waals surface area contributed by atoms with Crippen molar-refractivity contribution in [2.24, 2.45) is 0 Å². The molecule has 30 heavy (non-hydrogen) atoms. The maximum Gasteiger partial charge on any atom is 0.262 e. The van der Waals surface area contributed by atoms with Crippen LogP contribution < -0.4 is 10.0 Å². The highest BCUT2D eigenvalue weighted by atomic mass is 32.2. The van der Waals surface area contributed by atoms with E-state index in [4.69, 9.17) is 4.42 Å². The van der Waals surface area contributed by atoms with Crippen molar-refractivity contribution in [1.29, 1.82) is 0 Å². The molecule has 0 bridgehead atoms. The number of nitrogens with one attached hydrogen (secondary N) is 2. The molecule has 1 heterocycles. The van der Waals surface area contributed by atoms with Gasteiger partial charge >= 0.3 is 0 Å². The zero-order chi connectivity index (χ0) is 21.4. The topological polar surface area (TPSA) is 88.4 Å². The minimum atomic E-state index is -3.68. The van der Waals surface area contributed by atoms with Crippen molar-refractivity contribution in [3.05, 3.63) is 83.3 Å². The molecule has 1 aromatic heterocycles. The van der Waals surface area contributed by atoms with Crippen LogP contribution in [0.25, 0.3) is 0 Å². The van der Waals surface area contributed by atoms with E-state index >= 15 is 0 Å². The molecule has 0 radical (unpaired) electrons. The van der Waals surface area contributed by atoms with E-state index in [2.05, 4.69) is 10.0 Å². The van der Waals surface area contributed by atoms with Gasteiger partial charge in [0.05, 0.1) is 23.1 Å². The average Bonchev–Trinajstić information content (AvgIpc) is 3.34. The van der Waals surface area contributed by atoms with E-state index in [0.29, 0.717) is 23.6 Å². The van der Waals surface area contributed by atoms with E-state index in [0.717, 1.165) is 24.0 Å². The van der Waals surface area contributed by atoms with Crippen molar-refractivity contribution < 1.29 is 17.6 Å². The normalized spacial score (nSPS) is 14.9. The molecule has 3 aromatic rings. The number of carbonyl (C=O) groups excluding carboxylic acids is 1. The van der Waals surface area contributed by atoms with Gasteiger partial charge in [-0.15, -0.1) is 0 Å². The first-order chi connectivity index (χ1) is 14.3. The van der Waals surface area contributed by atoms with Crippen LogP contribution in [0.15, 0.2) is 70.2 Å². The second-order valence-corrected chi connectivity index (χ2v) is 9.45. The number of rotatable bonds is 7. The first-order valence-electron chi connectivity index (χ1n) is 9.81. The molecule has 7 heteroatoms. The van der Waals surface area contributed by atoms with Gasteiger partial charge in [-0.3, -0.25) is 9.52 Å². The van der Waals surface area contributed by atoms with E-state index in [1.165, 1.54) is 0 Å². The van der Waals surface area contributed by atoms with Gasteiger partial charge < -0.3 is 9.73 Å². The molecule has 0 saturated heterocycles. The lowest BCUT2D eigenvalue weighted by Gasteiger charge is -2.16. The summed E-state index contributed by atoms with van der Waals surface area (Å²) in [6.45, 7) is 4.05. The predicted octanol–water partition coefficient (Wildman–Crippen LogP) is 4.05. The first kappa shape index (κ1) is 20.2. The number of hydrogen-bond acceptors (Lipinski definition) is 4. The minimum Gasteiger partial charge on any atom is -0.467 e. The lowest BCUT2D eigenvalue weighted by atomic mass is 9.95. The smallest absolute Gasteiger partial charge is 0.262 e. The Morgan fingerprint density at radius 1 is 1.07 bits per heavy atom. The van der Waals surface area contributed by atoms with Gasteiger partial charge in [0.25, 0.3) is 10.0 Å². The Balaban J connectivity index is 1.46. The van der Waals surface area contributed by atoms with Crippen LogP contribution >= 0.6 is 0 Å². The Hall–Kier alpha value is -3.06. The maximum absolute atomic E-state index is 12.7. The van der Waals surface area contributed by atoms with Gasteiger partial charge in [-0.1, -0.05) is 29.8 Å². The molecule has 0 atom stereocenters. The second kappa shape index (κ2) is 7.65. The van der Waals surface area contributed by atoms with E-state index in [1.807, 2.05) is 31.2 Å². The third kappa shape index (κ3) is 3.98. The fourth-order valence-corrected chi connectivity index (χ4v) is 4.98. The van der Waals surface area contributed by atoms with Gasteiger partial charge in [0.15, 0.2) is 0 Å². The predicted molar refractivity (Wildman–Crippen MR) is 115 cm³/mol. The molecule has 1 aliphatic carbocycles. The summed E-state index contributed by atoms with van der Waals surface area (Å²) >= 11 is 0. The number of carbonyl (C=O) groups is 1. The van der Waals surface area contributed by atoms with Crippen LogP contribution in [0.5, 0.6) is 0 Å². The number of furan rings is 1. The number of hydrogen-bond donors (Lipinski definition) is 2. The Labute approximate surface area is 176 Å². The molecule has 2 N–H and O–H groups in total. The molecule has 0 aliphatic heterocycles. The molecule has 0 unspecified atom stereocenters. The van der Waals surface area contributed by atoms with Gasteiger partial charge in [-0.05, 0) is 68.1 Å². The van der Waals surface area contributed by atoms with Crippen LogP contribution in [0.1, 0.15) is 35.3 Å². The third-order valence-corrected chi connectivity index (χ3v) is 7.04. The summed E-state index contributed by atoms with van der Waals surface area (Å²) in [7, 11) is -3.68. The Morgan fingerprint density at radius 3 is 2.40 bits per heavy atom. The van der Waals surface area contributed by atoms with Crippen LogP contribution in [-0.2, 0) is 26.8 Å². The molecule has 156 valence electrons. The molecule has 1 saturated carbocycles. The second-order valence-electron chi connectivity index (χ2n) is 7.80. The quantitative estimate of drug-likeness (QED) is 0.599. The zero-order valence-corrected chi connectivity index (χ0v) is 17.8. The van der Waals surface area contributed by atoms with Gasteiger partial charge in [0, 0.05) is 5.69 Å². The summed E-state index contributed by atoms with van der Waals surface area (Å²) in [6, 6.07) is 15.9. The fraction of sp³-hybridized carbons (Fsp3) is 0.261. The minimum absolute atomic E-state index is 0.0393. The lowest BCUT2D eigenvalue weighted by Crippen LogP contribution is -2.34. The Kier molecular flexibility index (Phi) is 5.15. The van der Waals surface area contributed by atoms with Crippen LogP contribution in [0.3, 0.4) is 0 Å². The van der Waals surface area contributed by atoms with E-state index in [1.54, 1.807) is 43.5 Å². The molecular formula is C23H24N2O4S. The van der Waals surface area contributed by atoms with Crippen LogP contribution in [-0.4, -0.2) is 14.3 Å². The third-order valence-electron chi connectivity index (χ3n) is 5.50. The molecule has 1 amide bonds. The molecule has 4 rings (SSSR count). The highest BCUT2D eigenvalue weighted by Gasteiger charge is 2.51. The van der Waals surface area contributed by atoms with Crippen LogP contribution in [0.2, 0.25) is 0 Å². The molecule has 6 nitrogen and oxygen atoms in total. The monoisotopic (exact) mass is 424 g/mol. The van der Waals surface area contributed by atoms with Gasteiger partial charge in [-0.25, -0.2) is 8.42 Å². The van der Waals surface area contributed by atoms with Crippen LogP contribution in [0, 0.1) is 13.8 Å². The van der Waals surface area contributed by atoms with Crippen molar-refractivity contribution in [3.8, 4) is 0 Å². The van der Waals surface area contributed by atoms with Crippen molar-refractivity contribution in [2.75, 3.05) is 4.72 Å². The highest BCUT2D eigenvalue weighted by molar-refractivity contribution is 7.92. The van der Waals surface area contributed by atoms with Gasteiger partial charge in [-0.2, -0.15) is 0 Å². The number of anilines is 1. The fourth-order valence-electron chi connectivity index (χ4n) is 3.69. The summed E-state index contributed by atoms with van der Waals surface area (Å²) in [5.74, 6) is 0.665. The van der Waals surface area contributed by atoms with Crippen molar-refractivity contribution >= 4 is 21.6 Å². The van der Waals surface area contributed by atoms with Gasteiger partial charge in [0.1, 0.15) is 5.76 Å². The summed E-state index contributed by atoms with van der Waals surface area (Å²) in [4.78, 5) is 13.0. The number of aryl methyl sites for hydroxylation is 2. The number of sulfonamides is 1. The van der Waals surface area contributed by atoms with E-state index < -0.39 is 15.4 Å². The van der Waals surface area contributed by atoms with Gasteiger partial charge in [0.2, 0.25) is 5.91 Å². The Bertz CT molecular complexity index is 1160. The molecule has 2 aromatic carbocycles. The largest absolute Gasteiger partial charge is 0.467 e. The first-order valence-corrected chi connectivity index (χ1v) is 11.3. The molecular weight excluding hydrogens is 400 g/mol. The van der Waals surface area contributed by atoms with E-state index in [9.17, 15) is 13.2 Å². The number of benzene rings is 2. The lowest BCUT2D eigenvalue weighted by molar-refractivity contribution is -0.123. The molecule has 1 aliphatic rings. The standard InChI is InChI=1S/C23H24N2O4S/c1-16-5-10-21(17(2)14-16)30(27,28)25-19-8-6-18(7-9-19)23(11-12-23)22(26)24-15-20-4-3-13-29-20/h3-10,13-14,25H,11-12,15H2,1-2H3,(H,24,26).